The largest absolute Gasteiger partial charge is 0.451 e. The zero-order valence-corrected chi connectivity index (χ0v) is 22.3. The highest BCUT2D eigenvalue weighted by Gasteiger charge is 2.32. The molecule has 2 aliphatic heterocycles. The molecule has 0 bridgehead atoms. The van der Waals surface area contributed by atoms with Gasteiger partial charge in [-0.3, -0.25) is 4.79 Å². The maximum absolute atomic E-state index is 14.3. The minimum Gasteiger partial charge on any atom is -0.451 e. The predicted octanol–water partition coefficient (Wildman–Crippen LogP) is 6.77. The van der Waals surface area contributed by atoms with Crippen molar-refractivity contribution < 1.29 is 9.21 Å². The van der Waals surface area contributed by atoms with Gasteiger partial charge in [0.1, 0.15) is 5.76 Å². The average molecular weight is 526 g/mol. The minimum absolute atomic E-state index is 0.103. The highest BCUT2D eigenvalue weighted by molar-refractivity contribution is 6.07. The van der Waals surface area contributed by atoms with Crippen molar-refractivity contribution >= 4 is 17.3 Å². The highest BCUT2D eigenvalue weighted by atomic mass is 16.4. The summed E-state index contributed by atoms with van der Waals surface area (Å²) < 4.78 is 6.34. The first kappa shape index (κ1) is 24.4. The van der Waals surface area contributed by atoms with E-state index in [9.17, 15) is 4.79 Å². The van der Waals surface area contributed by atoms with Crippen molar-refractivity contribution in [3.05, 3.63) is 132 Å². The van der Waals surface area contributed by atoms with Crippen LogP contribution in [-0.2, 0) is 13.0 Å². The number of carbonyl (C=O) groups excluding carboxylic acids is 1. The van der Waals surface area contributed by atoms with Gasteiger partial charge in [-0.1, -0.05) is 84.9 Å². The molecule has 0 aliphatic carbocycles. The number of hydrogen-bond acceptors (Lipinski definition) is 4. The lowest BCUT2D eigenvalue weighted by atomic mass is 9.99. The summed E-state index contributed by atoms with van der Waals surface area (Å²) in [4.78, 5) is 18.6. The van der Waals surface area contributed by atoms with E-state index in [0.717, 1.165) is 71.0 Å². The molecule has 5 aromatic rings. The molecule has 5 heteroatoms. The van der Waals surface area contributed by atoms with Crippen LogP contribution in [0.4, 0.5) is 11.4 Å². The molecule has 0 radical (unpaired) electrons. The molecule has 0 saturated carbocycles. The molecule has 3 heterocycles. The first-order valence-electron chi connectivity index (χ1n) is 14.0. The van der Waals surface area contributed by atoms with Crippen molar-refractivity contribution in [1.29, 1.82) is 0 Å². The number of nitrogens with one attached hydrogen (secondary N) is 1. The molecule has 4 aromatic carbocycles. The molecule has 1 aromatic heterocycles. The molecule has 0 unspecified atom stereocenters. The molecule has 5 nitrogen and oxygen atoms in total. The van der Waals surface area contributed by atoms with Crippen LogP contribution in [0.25, 0.3) is 22.5 Å². The second-order valence-electron chi connectivity index (χ2n) is 10.5. The van der Waals surface area contributed by atoms with Crippen molar-refractivity contribution in [3.8, 4) is 22.5 Å². The van der Waals surface area contributed by atoms with E-state index in [1.165, 1.54) is 5.69 Å². The van der Waals surface area contributed by atoms with Gasteiger partial charge in [0.05, 0.1) is 6.54 Å². The van der Waals surface area contributed by atoms with E-state index in [1.807, 2.05) is 53.4 Å². The summed E-state index contributed by atoms with van der Waals surface area (Å²) in [6.07, 6.45) is 0.642. The molecule has 1 amide bonds. The van der Waals surface area contributed by atoms with Gasteiger partial charge in [-0.05, 0) is 46.5 Å². The molecule has 1 saturated heterocycles. The summed E-state index contributed by atoms with van der Waals surface area (Å²) in [5, 5.41) is 3.44. The van der Waals surface area contributed by atoms with Crippen LogP contribution >= 0.6 is 0 Å². The molecular weight excluding hydrogens is 494 g/mol. The molecule has 7 rings (SSSR count). The Morgan fingerprint density at radius 3 is 2.20 bits per heavy atom. The van der Waals surface area contributed by atoms with Crippen LogP contribution in [0.3, 0.4) is 0 Å². The lowest BCUT2D eigenvalue weighted by molar-refractivity contribution is 0.0959. The minimum atomic E-state index is -0.103. The second-order valence-corrected chi connectivity index (χ2v) is 10.5. The number of anilines is 2. The number of carbonyl (C=O) groups is 1. The van der Waals surface area contributed by atoms with Gasteiger partial charge >= 0.3 is 0 Å². The smallest absolute Gasteiger partial charge is 0.294 e. The fraction of sp³-hybridized carbons (Fsp3) is 0.171. The summed E-state index contributed by atoms with van der Waals surface area (Å²) in [5.41, 5.74) is 8.55. The van der Waals surface area contributed by atoms with Crippen LogP contribution in [0, 0.1) is 0 Å². The maximum Gasteiger partial charge on any atom is 0.294 e. The summed E-state index contributed by atoms with van der Waals surface area (Å²) in [7, 11) is 0. The van der Waals surface area contributed by atoms with Crippen molar-refractivity contribution in [2.45, 2.75) is 13.0 Å². The van der Waals surface area contributed by atoms with Crippen LogP contribution in [0.2, 0.25) is 0 Å². The number of hydrogen-bond donors (Lipinski definition) is 1. The molecule has 1 N–H and O–H groups in total. The van der Waals surface area contributed by atoms with E-state index < -0.39 is 0 Å². The van der Waals surface area contributed by atoms with Crippen LogP contribution in [0.1, 0.15) is 27.2 Å². The van der Waals surface area contributed by atoms with Gasteiger partial charge in [-0.15, -0.1) is 0 Å². The van der Waals surface area contributed by atoms with Gasteiger partial charge in [0.15, 0.2) is 5.76 Å². The lowest BCUT2D eigenvalue weighted by Gasteiger charge is -2.31. The Labute approximate surface area is 234 Å². The van der Waals surface area contributed by atoms with Gasteiger partial charge < -0.3 is 19.5 Å². The Bertz CT molecular complexity index is 1650. The monoisotopic (exact) mass is 525 g/mol. The quantitative estimate of drug-likeness (QED) is 0.275. The van der Waals surface area contributed by atoms with Crippen molar-refractivity contribution in [3.63, 3.8) is 0 Å². The Kier molecular flexibility index (Phi) is 6.42. The summed E-state index contributed by atoms with van der Waals surface area (Å²) in [6.45, 7) is 4.35. The zero-order chi connectivity index (χ0) is 26.9. The Balaban J connectivity index is 1.34. The zero-order valence-electron chi connectivity index (χ0n) is 22.3. The topological polar surface area (TPSA) is 48.7 Å². The van der Waals surface area contributed by atoms with Crippen LogP contribution in [0.5, 0.6) is 0 Å². The standard InChI is InChI=1S/C35H31N3O2/c39-35-34-29(23-33(40-34)26-11-5-2-6-12-26)21-28-22-30(37-19-17-36-18-20-37)15-16-32(28)38(35)24-27-13-7-8-14-31(27)25-9-3-1-4-10-25/h1-16,22-23,36H,17-21,24H2. The van der Waals surface area contributed by atoms with Crippen LogP contribution in [0.15, 0.2) is 114 Å². The molecule has 0 atom stereocenters. The van der Waals surface area contributed by atoms with Gasteiger partial charge in [0.25, 0.3) is 5.91 Å². The number of rotatable bonds is 5. The fourth-order valence-corrected chi connectivity index (χ4v) is 5.90. The van der Waals surface area contributed by atoms with E-state index in [0.29, 0.717) is 18.7 Å². The molecule has 198 valence electrons. The summed E-state index contributed by atoms with van der Waals surface area (Å²) >= 11 is 0. The normalized spacial score (nSPS) is 14.9. The SMILES string of the molecule is O=C1c2oc(-c3ccccc3)cc2Cc2cc(N3CCNCC3)ccc2N1Cc1ccccc1-c1ccccc1. The number of benzene rings is 4. The Morgan fingerprint density at radius 2 is 1.43 bits per heavy atom. The molecule has 40 heavy (non-hydrogen) atoms. The third kappa shape index (κ3) is 4.59. The number of nitrogens with zero attached hydrogens (tertiary/aromatic N) is 2. The van der Waals surface area contributed by atoms with E-state index in [2.05, 4.69) is 70.9 Å². The average Bonchev–Trinajstić information content (AvgIpc) is 3.41. The van der Waals surface area contributed by atoms with E-state index in [-0.39, 0.29) is 5.91 Å². The maximum atomic E-state index is 14.3. The molecular formula is C35H31N3O2. The third-order valence-electron chi connectivity index (χ3n) is 7.95. The molecule has 1 fully saturated rings. The van der Waals surface area contributed by atoms with Crippen molar-refractivity contribution in [1.82, 2.24) is 5.32 Å². The Hall–Kier alpha value is -4.61. The van der Waals surface area contributed by atoms with Gasteiger partial charge in [0, 0.05) is 55.1 Å². The van der Waals surface area contributed by atoms with Gasteiger partial charge in [-0.2, -0.15) is 0 Å². The van der Waals surface area contributed by atoms with Crippen LogP contribution in [-0.4, -0.2) is 32.1 Å². The molecule has 0 spiro atoms. The third-order valence-corrected chi connectivity index (χ3v) is 7.95. The van der Waals surface area contributed by atoms with Crippen LogP contribution < -0.4 is 15.1 Å². The number of furan rings is 1. The summed E-state index contributed by atoms with van der Waals surface area (Å²) in [5.74, 6) is 1.05. The van der Waals surface area contributed by atoms with E-state index in [4.69, 9.17) is 4.42 Å². The second kappa shape index (κ2) is 10.5. The number of amides is 1. The number of fused-ring (bicyclic) bond motifs is 2. The van der Waals surface area contributed by atoms with Crippen molar-refractivity contribution in [2.75, 3.05) is 36.0 Å². The fourth-order valence-electron chi connectivity index (χ4n) is 5.90. The number of piperazine rings is 1. The van der Waals surface area contributed by atoms with E-state index in [1.54, 1.807) is 0 Å². The first-order valence-corrected chi connectivity index (χ1v) is 14.0. The predicted molar refractivity (Wildman–Crippen MR) is 161 cm³/mol. The summed E-state index contributed by atoms with van der Waals surface area (Å²) in [6, 6.07) is 37.3. The van der Waals surface area contributed by atoms with Crippen molar-refractivity contribution in [2.24, 2.45) is 0 Å². The highest BCUT2D eigenvalue weighted by Crippen LogP contribution is 2.38. The first-order chi connectivity index (χ1) is 19.7. The van der Waals surface area contributed by atoms with Gasteiger partial charge in [-0.25, -0.2) is 0 Å². The lowest BCUT2D eigenvalue weighted by Crippen LogP contribution is -2.43. The Morgan fingerprint density at radius 1 is 0.725 bits per heavy atom. The van der Waals surface area contributed by atoms with E-state index >= 15 is 0 Å². The molecule has 2 aliphatic rings. The van der Waals surface area contributed by atoms with Gasteiger partial charge in [0.2, 0.25) is 0 Å².